The number of carbonyl (C=O) groups is 1. The third-order valence-corrected chi connectivity index (χ3v) is 3.68. The van der Waals surface area contributed by atoms with Gasteiger partial charge in [-0.25, -0.2) is 0 Å². The van der Waals surface area contributed by atoms with Crippen LogP contribution in [0.2, 0.25) is 0 Å². The van der Waals surface area contributed by atoms with Crippen molar-refractivity contribution in [3.63, 3.8) is 0 Å². The molecule has 0 spiro atoms. The quantitative estimate of drug-likeness (QED) is 0.714. The Morgan fingerprint density at radius 3 is 2.43 bits per heavy atom. The Morgan fingerprint density at radius 1 is 1.26 bits per heavy atom. The number of hydrogen-bond acceptors (Lipinski definition) is 3. The first kappa shape index (κ1) is 18.6. The standard InChI is InChI=1S/C19H25N3O/c1-5-7-12-22(6-2)19(23)16(4)21-14-15(3)18-10-8-17(13-20)9-11-18/h8-11,14H,5-7,12H2,1-4H3/b15-14+,21-16?. The average Bonchev–Trinajstić information content (AvgIpc) is 2.59. The highest BCUT2D eigenvalue weighted by atomic mass is 16.2. The Kier molecular flexibility index (Phi) is 7.76. The van der Waals surface area contributed by atoms with Crippen molar-refractivity contribution in [2.45, 2.75) is 40.5 Å². The van der Waals surface area contributed by atoms with Crippen molar-refractivity contribution in [2.24, 2.45) is 4.99 Å². The zero-order chi connectivity index (χ0) is 17.2. The smallest absolute Gasteiger partial charge is 0.267 e. The van der Waals surface area contributed by atoms with Crippen molar-refractivity contribution in [3.05, 3.63) is 41.6 Å². The molecule has 0 atom stereocenters. The fourth-order valence-corrected chi connectivity index (χ4v) is 2.11. The number of unbranched alkanes of at least 4 members (excludes halogenated alkanes) is 1. The molecule has 0 bridgehead atoms. The third kappa shape index (κ3) is 5.71. The number of carbonyl (C=O) groups excluding carboxylic acids is 1. The molecule has 0 heterocycles. The van der Waals surface area contributed by atoms with E-state index in [0.29, 0.717) is 17.8 Å². The van der Waals surface area contributed by atoms with E-state index in [9.17, 15) is 4.79 Å². The van der Waals surface area contributed by atoms with Crippen LogP contribution in [0.25, 0.3) is 5.57 Å². The van der Waals surface area contributed by atoms with E-state index < -0.39 is 0 Å². The molecule has 4 nitrogen and oxygen atoms in total. The topological polar surface area (TPSA) is 56.5 Å². The molecule has 0 aliphatic rings. The first-order valence-corrected chi connectivity index (χ1v) is 8.04. The molecule has 0 fully saturated rings. The summed E-state index contributed by atoms with van der Waals surface area (Å²) >= 11 is 0. The average molecular weight is 311 g/mol. The van der Waals surface area contributed by atoms with Gasteiger partial charge in [-0.3, -0.25) is 9.79 Å². The first-order valence-electron chi connectivity index (χ1n) is 8.04. The summed E-state index contributed by atoms with van der Waals surface area (Å²) < 4.78 is 0. The predicted molar refractivity (Wildman–Crippen MR) is 95.1 cm³/mol. The van der Waals surface area contributed by atoms with Crippen LogP contribution in [0.1, 0.15) is 51.7 Å². The first-order chi connectivity index (χ1) is 11.0. The van der Waals surface area contributed by atoms with E-state index in [2.05, 4.69) is 18.0 Å². The zero-order valence-electron chi connectivity index (χ0n) is 14.5. The van der Waals surface area contributed by atoms with Gasteiger partial charge in [0.1, 0.15) is 5.71 Å². The summed E-state index contributed by atoms with van der Waals surface area (Å²) in [6, 6.07) is 9.42. The molecule has 1 aromatic rings. The van der Waals surface area contributed by atoms with Crippen molar-refractivity contribution in [1.82, 2.24) is 4.90 Å². The molecular weight excluding hydrogens is 286 g/mol. The number of benzene rings is 1. The lowest BCUT2D eigenvalue weighted by atomic mass is 10.1. The molecule has 4 heteroatoms. The number of amides is 1. The molecular formula is C19H25N3O. The Labute approximate surface area is 139 Å². The molecule has 0 saturated carbocycles. The highest BCUT2D eigenvalue weighted by molar-refractivity contribution is 6.38. The van der Waals surface area contributed by atoms with Gasteiger partial charge in [0.15, 0.2) is 0 Å². The van der Waals surface area contributed by atoms with Crippen LogP contribution in [-0.4, -0.2) is 29.6 Å². The Bertz CT molecular complexity index is 621. The Morgan fingerprint density at radius 2 is 1.91 bits per heavy atom. The van der Waals surface area contributed by atoms with Gasteiger partial charge in [0.05, 0.1) is 11.6 Å². The highest BCUT2D eigenvalue weighted by Gasteiger charge is 2.13. The monoisotopic (exact) mass is 311 g/mol. The summed E-state index contributed by atoms with van der Waals surface area (Å²) in [6.45, 7) is 9.26. The van der Waals surface area contributed by atoms with E-state index in [1.165, 1.54) is 0 Å². The second-order valence-corrected chi connectivity index (χ2v) is 5.45. The number of hydrogen-bond donors (Lipinski definition) is 0. The summed E-state index contributed by atoms with van der Waals surface area (Å²) in [5.74, 6) is -0.00942. The van der Waals surface area contributed by atoms with E-state index in [1.54, 1.807) is 25.3 Å². The molecule has 23 heavy (non-hydrogen) atoms. The summed E-state index contributed by atoms with van der Waals surface area (Å²) in [5, 5.41) is 8.81. The number of nitrogens with zero attached hydrogens (tertiary/aromatic N) is 3. The van der Waals surface area contributed by atoms with Crippen LogP contribution in [-0.2, 0) is 4.79 Å². The van der Waals surface area contributed by atoms with Crippen molar-refractivity contribution >= 4 is 17.2 Å². The maximum Gasteiger partial charge on any atom is 0.267 e. The molecule has 0 radical (unpaired) electrons. The molecule has 122 valence electrons. The summed E-state index contributed by atoms with van der Waals surface area (Å²) in [6.07, 6.45) is 3.78. The van der Waals surface area contributed by atoms with Crippen LogP contribution in [0, 0.1) is 11.3 Å². The van der Waals surface area contributed by atoms with Crippen LogP contribution < -0.4 is 0 Å². The van der Waals surface area contributed by atoms with Gasteiger partial charge in [0, 0.05) is 19.3 Å². The third-order valence-electron chi connectivity index (χ3n) is 3.68. The molecule has 0 aliphatic heterocycles. The van der Waals surface area contributed by atoms with E-state index >= 15 is 0 Å². The van der Waals surface area contributed by atoms with Crippen LogP contribution in [0.5, 0.6) is 0 Å². The minimum atomic E-state index is -0.00942. The van der Waals surface area contributed by atoms with Crippen LogP contribution >= 0.6 is 0 Å². The lowest BCUT2D eigenvalue weighted by molar-refractivity contribution is -0.124. The van der Waals surface area contributed by atoms with Crippen molar-refractivity contribution < 1.29 is 4.79 Å². The Balaban J connectivity index is 2.83. The van der Waals surface area contributed by atoms with Crippen molar-refractivity contribution in [3.8, 4) is 6.07 Å². The van der Waals surface area contributed by atoms with E-state index in [1.807, 2.05) is 30.9 Å². The van der Waals surface area contributed by atoms with E-state index in [0.717, 1.165) is 30.5 Å². The maximum absolute atomic E-state index is 12.3. The summed E-state index contributed by atoms with van der Waals surface area (Å²) in [7, 11) is 0. The SMILES string of the molecule is CCCCN(CC)C(=O)C(C)=N/C=C(\C)c1ccc(C#N)cc1. The summed E-state index contributed by atoms with van der Waals surface area (Å²) in [4.78, 5) is 18.5. The minimum absolute atomic E-state index is 0.00942. The number of rotatable bonds is 7. The van der Waals surface area contributed by atoms with Crippen LogP contribution in [0.4, 0.5) is 0 Å². The fraction of sp³-hybridized carbons (Fsp3) is 0.421. The fourth-order valence-electron chi connectivity index (χ4n) is 2.11. The minimum Gasteiger partial charge on any atom is -0.338 e. The molecule has 0 saturated heterocycles. The van der Waals surface area contributed by atoms with Crippen molar-refractivity contribution in [2.75, 3.05) is 13.1 Å². The molecule has 0 aromatic heterocycles. The molecule has 1 amide bonds. The molecule has 1 aromatic carbocycles. The molecule has 0 aliphatic carbocycles. The van der Waals surface area contributed by atoms with Gasteiger partial charge < -0.3 is 4.90 Å². The van der Waals surface area contributed by atoms with E-state index in [4.69, 9.17) is 5.26 Å². The van der Waals surface area contributed by atoms with Gasteiger partial charge in [0.25, 0.3) is 5.91 Å². The highest BCUT2D eigenvalue weighted by Crippen LogP contribution is 2.14. The molecule has 0 N–H and O–H groups in total. The maximum atomic E-state index is 12.3. The van der Waals surface area contributed by atoms with Crippen LogP contribution in [0.15, 0.2) is 35.5 Å². The normalized spacial score (nSPS) is 12.0. The van der Waals surface area contributed by atoms with E-state index in [-0.39, 0.29) is 5.91 Å². The largest absolute Gasteiger partial charge is 0.338 e. The van der Waals surface area contributed by atoms with Gasteiger partial charge in [-0.2, -0.15) is 5.26 Å². The van der Waals surface area contributed by atoms with Gasteiger partial charge in [-0.05, 0) is 50.5 Å². The zero-order valence-corrected chi connectivity index (χ0v) is 14.5. The van der Waals surface area contributed by atoms with Crippen molar-refractivity contribution in [1.29, 1.82) is 5.26 Å². The summed E-state index contributed by atoms with van der Waals surface area (Å²) in [5.41, 5.74) is 3.08. The Hall–Kier alpha value is -2.41. The molecule has 0 unspecified atom stereocenters. The van der Waals surface area contributed by atoms with Gasteiger partial charge in [-0.15, -0.1) is 0 Å². The molecule has 1 rings (SSSR count). The number of nitriles is 1. The van der Waals surface area contributed by atoms with Gasteiger partial charge in [-0.1, -0.05) is 25.5 Å². The van der Waals surface area contributed by atoms with Gasteiger partial charge >= 0.3 is 0 Å². The second kappa shape index (κ2) is 9.58. The number of aliphatic imine (C=N–C) groups is 1. The lowest BCUT2D eigenvalue weighted by Crippen LogP contribution is -2.36. The van der Waals surface area contributed by atoms with Gasteiger partial charge in [0.2, 0.25) is 0 Å². The lowest BCUT2D eigenvalue weighted by Gasteiger charge is -2.20. The number of allylic oxidation sites excluding steroid dienone is 1. The van der Waals surface area contributed by atoms with Crippen LogP contribution in [0.3, 0.4) is 0 Å². The predicted octanol–water partition coefficient (Wildman–Crippen LogP) is 4.03. The second-order valence-electron chi connectivity index (χ2n) is 5.45.